The van der Waals surface area contributed by atoms with E-state index in [1.165, 1.54) is 0 Å². The first-order chi connectivity index (χ1) is 7.19. The molecule has 0 fully saturated rings. The van der Waals surface area contributed by atoms with Gasteiger partial charge in [0.1, 0.15) is 0 Å². The Morgan fingerprint density at radius 1 is 1.20 bits per heavy atom. The van der Waals surface area contributed by atoms with Crippen molar-refractivity contribution in [3.8, 4) is 0 Å². The quantitative estimate of drug-likeness (QED) is 0.688. The fraction of sp³-hybridized carbons (Fsp3) is 0.462. The van der Waals surface area contributed by atoms with E-state index < -0.39 is 0 Å². The molecule has 0 amide bonds. The fourth-order valence-corrected chi connectivity index (χ4v) is 1.62. The molecule has 0 aliphatic rings. The molecule has 0 aliphatic heterocycles. The minimum Gasteiger partial charge on any atom is -0.296 e. The van der Waals surface area contributed by atoms with Gasteiger partial charge >= 0.3 is 0 Å². The maximum atomic E-state index is 12.0. The third-order valence-corrected chi connectivity index (χ3v) is 2.71. The zero-order valence-corrected chi connectivity index (χ0v) is 9.79. The highest BCUT2D eigenvalue weighted by Crippen LogP contribution is 2.08. The van der Waals surface area contributed by atoms with E-state index in [0.29, 0.717) is 6.54 Å². The van der Waals surface area contributed by atoms with E-state index in [9.17, 15) is 4.79 Å². The summed E-state index contributed by atoms with van der Waals surface area (Å²) in [6.07, 6.45) is 0. The first kappa shape index (κ1) is 11.9. The Morgan fingerprint density at radius 2 is 1.80 bits per heavy atom. The van der Waals surface area contributed by atoms with Gasteiger partial charge in [0.15, 0.2) is 5.78 Å². The van der Waals surface area contributed by atoms with Crippen molar-refractivity contribution in [3.63, 3.8) is 0 Å². The van der Waals surface area contributed by atoms with Crippen molar-refractivity contribution in [3.05, 3.63) is 35.4 Å². The number of carbonyl (C=O) groups is 1. The molecule has 1 rings (SSSR count). The second-order valence-corrected chi connectivity index (χ2v) is 3.70. The van der Waals surface area contributed by atoms with Crippen LogP contribution in [0.4, 0.5) is 0 Å². The molecule has 0 unspecified atom stereocenters. The molecule has 0 atom stereocenters. The highest BCUT2D eigenvalue weighted by molar-refractivity contribution is 5.98. The van der Waals surface area contributed by atoms with Gasteiger partial charge in [0, 0.05) is 5.56 Å². The first-order valence-electron chi connectivity index (χ1n) is 5.50. The molecule has 0 saturated carbocycles. The van der Waals surface area contributed by atoms with E-state index in [4.69, 9.17) is 0 Å². The molecule has 82 valence electrons. The maximum absolute atomic E-state index is 12.0. The molecule has 0 aromatic heterocycles. The van der Waals surface area contributed by atoms with Crippen molar-refractivity contribution in [2.24, 2.45) is 0 Å². The minimum absolute atomic E-state index is 0.219. The summed E-state index contributed by atoms with van der Waals surface area (Å²) in [6.45, 7) is 8.51. The average Bonchev–Trinajstić information content (AvgIpc) is 2.26. The van der Waals surface area contributed by atoms with Crippen LogP contribution in [-0.2, 0) is 0 Å². The molecule has 0 aliphatic carbocycles. The van der Waals surface area contributed by atoms with Gasteiger partial charge in [-0.1, -0.05) is 38.1 Å². The molecule has 0 spiro atoms. The van der Waals surface area contributed by atoms with Crippen LogP contribution < -0.4 is 0 Å². The van der Waals surface area contributed by atoms with Crippen molar-refractivity contribution < 1.29 is 4.79 Å². The maximum Gasteiger partial charge on any atom is 0.177 e. The van der Waals surface area contributed by atoms with Crippen LogP contribution >= 0.6 is 0 Å². The number of hydrogen-bond donors (Lipinski definition) is 0. The summed E-state index contributed by atoms with van der Waals surface area (Å²) < 4.78 is 0. The largest absolute Gasteiger partial charge is 0.296 e. The summed E-state index contributed by atoms with van der Waals surface area (Å²) in [5.74, 6) is 0.219. The normalized spacial score (nSPS) is 10.7. The van der Waals surface area contributed by atoms with Crippen LogP contribution in [0.15, 0.2) is 24.3 Å². The summed E-state index contributed by atoms with van der Waals surface area (Å²) in [5, 5.41) is 0. The van der Waals surface area contributed by atoms with Crippen LogP contribution in [0.1, 0.15) is 29.8 Å². The second-order valence-electron chi connectivity index (χ2n) is 3.70. The van der Waals surface area contributed by atoms with E-state index in [-0.39, 0.29) is 5.78 Å². The molecular formula is C13H19NO. The number of hydrogen-bond acceptors (Lipinski definition) is 2. The van der Waals surface area contributed by atoms with Crippen molar-refractivity contribution in [1.29, 1.82) is 0 Å². The Bertz CT molecular complexity index is 329. The highest BCUT2D eigenvalue weighted by Gasteiger charge is 2.11. The third-order valence-electron chi connectivity index (χ3n) is 2.71. The van der Waals surface area contributed by atoms with E-state index in [2.05, 4.69) is 18.7 Å². The molecule has 1 aromatic rings. The van der Waals surface area contributed by atoms with Gasteiger partial charge in [0.25, 0.3) is 0 Å². The van der Waals surface area contributed by atoms with Crippen LogP contribution in [0.5, 0.6) is 0 Å². The van der Waals surface area contributed by atoms with Crippen molar-refractivity contribution in [1.82, 2.24) is 4.90 Å². The molecular weight excluding hydrogens is 186 g/mol. The number of benzene rings is 1. The standard InChI is InChI=1S/C13H19NO/c1-4-14(5-2)10-13(15)12-9-7-6-8-11(12)3/h6-9H,4-5,10H2,1-3H3. The molecule has 0 radical (unpaired) electrons. The molecule has 0 heterocycles. The Morgan fingerprint density at radius 3 is 2.33 bits per heavy atom. The van der Waals surface area contributed by atoms with E-state index in [0.717, 1.165) is 24.2 Å². The van der Waals surface area contributed by atoms with Crippen LogP contribution in [0.25, 0.3) is 0 Å². The second kappa shape index (κ2) is 5.66. The zero-order valence-electron chi connectivity index (χ0n) is 9.79. The number of aryl methyl sites for hydroxylation is 1. The summed E-state index contributed by atoms with van der Waals surface area (Å²) in [5.41, 5.74) is 1.92. The Labute approximate surface area is 91.9 Å². The molecule has 0 bridgehead atoms. The molecule has 1 aromatic carbocycles. The molecule has 2 heteroatoms. The van der Waals surface area contributed by atoms with Gasteiger partial charge in [-0.25, -0.2) is 0 Å². The number of ketones is 1. The topological polar surface area (TPSA) is 20.3 Å². The lowest BCUT2D eigenvalue weighted by atomic mass is 10.0. The number of rotatable bonds is 5. The number of likely N-dealkylation sites (N-methyl/N-ethyl adjacent to an activating group) is 1. The van der Waals surface area contributed by atoms with Crippen LogP contribution in [-0.4, -0.2) is 30.3 Å². The lowest BCUT2D eigenvalue weighted by Gasteiger charge is -2.17. The third kappa shape index (κ3) is 3.17. The van der Waals surface area contributed by atoms with Crippen molar-refractivity contribution >= 4 is 5.78 Å². The minimum atomic E-state index is 0.219. The van der Waals surface area contributed by atoms with Crippen molar-refractivity contribution in [2.75, 3.05) is 19.6 Å². The Kier molecular flexibility index (Phi) is 4.50. The smallest absolute Gasteiger partial charge is 0.177 e. The van der Waals surface area contributed by atoms with Gasteiger partial charge in [-0.15, -0.1) is 0 Å². The van der Waals surface area contributed by atoms with Gasteiger partial charge in [-0.2, -0.15) is 0 Å². The van der Waals surface area contributed by atoms with Crippen molar-refractivity contribution in [2.45, 2.75) is 20.8 Å². The number of carbonyl (C=O) groups excluding carboxylic acids is 1. The van der Waals surface area contributed by atoms with Gasteiger partial charge < -0.3 is 0 Å². The SMILES string of the molecule is CCN(CC)CC(=O)c1ccccc1C. The first-order valence-corrected chi connectivity index (χ1v) is 5.50. The van der Waals surface area contributed by atoms with Gasteiger partial charge in [-0.05, 0) is 25.6 Å². The van der Waals surface area contributed by atoms with E-state index >= 15 is 0 Å². The summed E-state index contributed by atoms with van der Waals surface area (Å²) in [6, 6.07) is 7.77. The average molecular weight is 205 g/mol. The lowest BCUT2D eigenvalue weighted by Crippen LogP contribution is -2.29. The van der Waals surface area contributed by atoms with Crippen LogP contribution in [0, 0.1) is 6.92 Å². The molecule has 2 nitrogen and oxygen atoms in total. The summed E-state index contributed by atoms with van der Waals surface area (Å²) in [7, 11) is 0. The van der Waals surface area contributed by atoms with E-state index in [1.54, 1.807) is 0 Å². The number of Topliss-reactive ketones (excluding diaryl/α,β-unsaturated/α-hetero) is 1. The predicted molar refractivity (Wildman–Crippen MR) is 63.3 cm³/mol. The highest BCUT2D eigenvalue weighted by atomic mass is 16.1. The molecule has 15 heavy (non-hydrogen) atoms. The molecule has 0 N–H and O–H groups in total. The number of nitrogens with zero attached hydrogens (tertiary/aromatic N) is 1. The van der Waals surface area contributed by atoms with Gasteiger partial charge in [-0.3, -0.25) is 9.69 Å². The molecule has 0 saturated heterocycles. The van der Waals surface area contributed by atoms with Crippen LogP contribution in [0.2, 0.25) is 0 Å². The Hall–Kier alpha value is -1.15. The lowest BCUT2D eigenvalue weighted by molar-refractivity contribution is 0.0937. The van der Waals surface area contributed by atoms with Crippen LogP contribution in [0.3, 0.4) is 0 Å². The Balaban J connectivity index is 2.73. The van der Waals surface area contributed by atoms with Gasteiger partial charge in [0.2, 0.25) is 0 Å². The fourth-order valence-electron chi connectivity index (χ4n) is 1.62. The van der Waals surface area contributed by atoms with Gasteiger partial charge in [0.05, 0.1) is 6.54 Å². The van der Waals surface area contributed by atoms with E-state index in [1.807, 2.05) is 31.2 Å². The monoisotopic (exact) mass is 205 g/mol. The summed E-state index contributed by atoms with van der Waals surface area (Å²) in [4.78, 5) is 14.1. The zero-order chi connectivity index (χ0) is 11.3. The summed E-state index contributed by atoms with van der Waals surface area (Å²) >= 11 is 0. The predicted octanol–water partition coefficient (Wildman–Crippen LogP) is 2.52.